The maximum Gasteiger partial charge on any atom is 0.00989 e. The van der Waals surface area contributed by atoms with E-state index in [9.17, 15) is 0 Å². The van der Waals surface area contributed by atoms with Crippen LogP contribution < -0.4 is 5.32 Å². The van der Waals surface area contributed by atoms with Gasteiger partial charge >= 0.3 is 0 Å². The maximum atomic E-state index is 3.54. The molecule has 2 heteroatoms. The lowest BCUT2D eigenvalue weighted by Crippen LogP contribution is -2.41. The maximum absolute atomic E-state index is 3.54. The summed E-state index contributed by atoms with van der Waals surface area (Å²) < 4.78 is 0. The Bertz CT molecular complexity index is 85.7. The summed E-state index contributed by atoms with van der Waals surface area (Å²) in [6.07, 6.45) is 1.34. The van der Waals surface area contributed by atoms with Gasteiger partial charge in [0.15, 0.2) is 0 Å². The van der Waals surface area contributed by atoms with E-state index in [0.29, 0.717) is 6.04 Å². The molecular weight excluding hydrogens is 138 g/mol. The fourth-order valence-corrected chi connectivity index (χ4v) is 2.11. The molecule has 0 aromatic heterocycles. The summed E-state index contributed by atoms with van der Waals surface area (Å²) in [7, 11) is 1.34. The Balaban J connectivity index is 3.47. The van der Waals surface area contributed by atoms with Crippen molar-refractivity contribution in [2.45, 2.75) is 51.7 Å². The largest absolute Gasteiger partial charge is 0.310 e. The van der Waals surface area contributed by atoms with Crippen LogP contribution in [0.3, 0.4) is 0 Å². The smallest absolute Gasteiger partial charge is 0.00989 e. The van der Waals surface area contributed by atoms with Crippen LogP contribution in [0.4, 0.5) is 0 Å². The van der Waals surface area contributed by atoms with E-state index in [1.165, 1.54) is 22.7 Å². The second-order valence-electron chi connectivity index (χ2n) is 4.08. The van der Waals surface area contributed by atoms with E-state index in [2.05, 4.69) is 33.0 Å². The summed E-state index contributed by atoms with van der Waals surface area (Å²) in [5, 5.41) is 3.54. The molecule has 10 heavy (non-hydrogen) atoms. The minimum Gasteiger partial charge on any atom is -0.310 e. The minimum absolute atomic E-state index is 0.288. The highest BCUT2D eigenvalue weighted by atomic mass is 28.1. The van der Waals surface area contributed by atoms with Crippen LogP contribution >= 0.6 is 0 Å². The topological polar surface area (TPSA) is 12.0 Å². The molecule has 0 fully saturated rings. The highest BCUT2D eigenvalue weighted by Crippen LogP contribution is 2.03. The second kappa shape index (κ2) is 4.14. The molecule has 0 saturated heterocycles. The first-order valence-electron chi connectivity index (χ1n) is 4.23. The Labute approximate surface area is 68.0 Å². The fourth-order valence-electron chi connectivity index (χ4n) is 1.24. The van der Waals surface area contributed by atoms with Crippen molar-refractivity contribution in [3.8, 4) is 0 Å². The molecule has 0 aliphatic heterocycles. The SMILES string of the molecule is CC(CC[SiH3])NC(C)(C)C. The molecule has 1 nitrogen and oxygen atoms in total. The first kappa shape index (κ1) is 10.2. The number of hydrogen-bond donors (Lipinski definition) is 1. The predicted octanol–water partition coefficient (Wildman–Crippen LogP) is 0.937. The van der Waals surface area contributed by atoms with Gasteiger partial charge in [-0.1, -0.05) is 6.04 Å². The first-order valence-corrected chi connectivity index (χ1v) is 5.65. The van der Waals surface area contributed by atoms with Gasteiger partial charge in [-0.15, -0.1) is 0 Å². The number of rotatable bonds is 3. The van der Waals surface area contributed by atoms with Gasteiger partial charge < -0.3 is 5.32 Å². The first-order chi connectivity index (χ1) is 4.45. The molecule has 62 valence electrons. The molecule has 1 unspecified atom stereocenters. The summed E-state index contributed by atoms with van der Waals surface area (Å²) in [5.74, 6) is 0. The van der Waals surface area contributed by atoms with Gasteiger partial charge in [-0.2, -0.15) is 0 Å². The van der Waals surface area contributed by atoms with Crippen molar-refractivity contribution in [3.63, 3.8) is 0 Å². The summed E-state index contributed by atoms with van der Waals surface area (Å²) in [5.41, 5.74) is 0.288. The van der Waals surface area contributed by atoms with Crippen LogP contribution in [0.25, 0.3) is 0 Å². The molecule has 1 N–H and O–H groups in total. The molecule has 0 heterocycles. The Morgan fingerprint density at radius 3 is 2.20 bits per heavy atom. The van der Waals surface area contributed by atoms with Crippen molar-refractivity contribution < 1.29 is 0 Å². The molecule has 0 spiro atoms. The normalized spacial score (nSPS) is 15.6. The van der Waals surface area contributed by atoms with Gasteiger partial charge in [0.1, 0.15) is 0 Å². The van der Waals surface area contributed by atoms with Crippen LogP contribution in [0.15, 0.2) is 0 Å². The Hall–Kier alpha value is 0.177. The van der Waals surface area contributed by atoms with Crippen LogP contribution in [0, 0.1) is 0 Å². The van der Waals surface area contributed by atoms with Crippen LogP contribution in [0.1, 0.15) is 34.1 Å². The van der Waals surface area contributed by atoms with E-state index in [1.807, 2.05) is 0 Å². The van der Waals surface area contributed by atoms with E-state index < -0.39 is 0 Å². The lowest BCUT2D eigenvalue weighted by Gasteiger charge is -2.25. The van der Waals surface area contributed by atoms with Crippen molar-refractivity contribution >= 4 is 10.2 Å². The van der Waals surface area contributed by atoms with E-state index in [4.69, 9.17) is 0 Å². The van der Waals surface area contributed by atoms with Gasteiger partial charge in [0.25, 0.3) is 0 Å². The zero-order valence-electron chi connectivity index (χ0n) is 7.99. The molecule has 1 atom stereocenters. The fraction of sp³-hybridized carbons (Fsp3) is 1.00. The highest BCUT2D eigenvalue weighted by Gasteiger charge is 2.11. The van der Waals surface area contributed by atoms with Gasteiger partial charge in [-0.3, -0.25) is 0 Å². The minimum atomic E-state index is 0.288. The summed E-state index contributed by atoms with van der Waals surface area (Å²) >= 11 is 0. The third-order valence-electron chi connectivity index (χ3n) is 1.40. The lowest BCUT2D eigenvalue weighted by molar-refractivity contribution is 0.367. The molecule has 0 bridgehead atoms. The highest BCUT2D eigenvalue weighted by molar-refractivity contribution is 6.08. The predicted molar refractivity (Wildman–Crippen MR) is 51.7 cm³/mol. The quantitative estimate of drug-likeness (QED) is 0.604. The molecular formula is C8H21NSi. The lowest BCUT2D eigenvalue weighted by atomic mass is 10.1. The molecule has 0 saturated carbocycles. The van der Waals surface area contributed by atoms with Crippen molar-refractivity contribution in [1.29, 1.82) is 0 Å². The zero-order chi connectivity index (χ0) is 8.20. The van der Waals surface area contributed by atoms with Gasteiger partial charge in [0.2, 0.25) is 0 Å². The number of nitrogens with one attached hydrogen (secondary N) is 1. The van der Waals surface area contributed by atoms with Crippen molar-refractivity contribution in [1.82, 2.24) is 5.32 Å². The second-order valence-corrected chi connectivity index (χ2v) is 5.08. The van der Waals surface area contributed by atoms with E-state index in [1.54, 1.807) is 0 Å². The van der Waals surface area contributed by atoms with Crippen LogP contribution in [0.5, 0.6) is 0 Å². The third-order valence-corrected chi connectivity index (χ3v) is 1.98. The van der Waals surface area contributed by atoms with Gasteiger partial charge in [0, 0.05) is 21.8 Å². The molecule has 0 aliphatic rings. The van der Waals surface area contributed by atoms with Crippen LogP contribution in [-0.2, 0) is 0 Å². The Kier molecular flexibility index (Phi) is 4.21. The molecule has 0 rings (SSSR count). The summed E-state index contributed by atoms with van der Waals surface area (Å²) in [6.45, 7) is 8.92. The van der Waals surface area contributed by atoms with Crippen molar-refractivity contribution in [2.24, 2.45) is 0 Å². The Morgan fingerprint density at radius 2 is 1.90 bits per heavy atom. The Morgan fingerprint density at radius 1 is 1.40 bits per heavy atom. The molecule has 0 radical (unpaired) electrons. The van der Waals surface area contributed by atoms with E-state index in [-0.39, 0.29) is 5.54 Å². The van der Waals surface area contributed by atoms with Crippen LogP contribution in [-0.4, -0.2) is 21.8 Å². The standard InChI is InChI=1S/C8H21NSi/c1-7(5-6-10)9-8(2,3)4/h7,9H,5-6H2,1-4,10H3. The van der Waals surface area contributed by atoms with Gasteiger partial charge in [0.05, 0.1) is 0 Å². The monoisotopic (exact) mass is 159 g/mol. The average molecular weight is 159 g/mol. The van der Waals surface area contributed by atoms with E-state index in [0.717, 1.165) is 0 Å². The summed E-state index contributed by atoms with van der Waals surface area (Å²) in [4.78, 5) is 0. The van der Waals surface area contributed by atoms with Gasteiger partial charge in [-0.05, 0) is 34.1 Å². The molecule has 0 aromatic rings. The van der Waals surface area contributed by atoms with Crippen molar-refractivity contribution in [2.75, 3.05) is 0 Å². The number of hydrogen-bond acceptors (Lipinski definition) is 1. The molecule has 0 aliphatic carbocycles. The summed E-state index contributed by atoms with van der Waals surface area (Å²) in [6, 6.07) is 2.10. The average Bonchev–Trinajstić information content (AvgIpc) is 1.59. The van der Waals surface area contributed by atoms with E-state index >= 15 is 0 Å². The molecule has 0 aromatic carbocycles. The van der Waals surface area contributed by atoms with Gasteiger partial charge in [-0.25, -0.2) is 0 Å². The van der Waals surface area contributed by atoms with Crippen LogP contribution in [0.2, 0.25) is 6.04 Å². The zero-order valence-corrected chi connectivity index (χ0v) is 9.99. The van der Waals surface area contributed by atoms with Crippen molar-refractivity contribution in [3.05, 3.63) is 0 Å². The molecule has 0 amide bonds. The third kappa shape index (κ3) is 6.30.